The number of carbonyl (C=O) groups excluding carboxylic acids is 4. The number of rotatable bonds is 5. The van der Waals surface area contributed by atoms with E-state index in [0.717, 1.165) is 30.6 Å². The van der Waals surface area contributed by atoms with E-state index in [-0.39, 0.29) is 48.8 Å². The molecular formula is C19H22N2O5. The van der Waals surface area contributed by atoms with Gasteiger partial charge in [-0.2, -0.15) is 0 Å². The lowest BCUT2D eigenvalue weighted by atomic mass is 9.95. The van der Waals surface area contributed by atoms with Gasteiger partial charge in [-0.15, -0.1) is 0 Å². The van der Waals surface area contributed by atoms with Crippen molar-refractivity contribution in [1.82, 2.24) is 5.32 Å². The molecule has 3 rings (SSSR count). The minimum absolute atomic E-state index is 0.158. The highest BCUT2D eigenvalue weighted by Crippen LogP contribution is 2.23. The minimum atomic E-state index is -0.662. The number of anilines is 1. The van der Waals surface area contributed by atoms with Crippen molar-refractivity contribution < 1.29 is 23.9 Å². The van der Waals surface area contributed by atoms with Crippen molar-refractivity contribution in [2.75, 3.05) is 11.5 Å². The van der Waals surface area contributed by atoms with Crippen LogP contribution >= 0.6 is 0 Å². The van der Waals surface area contributed by atoms with E-state index >= 15 is 0 Å². The van der Waals surface area contributed by atoms with Crippen LogP contribution in [0.2, 0.25) is 0 Å². The second-order valence-electron chi connectivity index (χ2n) is 6.65. The molecule has 1 aliphatic heterocycles. The summed E-state index contributed by atoms with van der Waals surface area (Å²) in [5, 5.41) is 2.88. The van der Waals surface area contributed by atoms with Gasteiger partial charge in [-0.05, 0) is 31.0 Å². The molecule has 1 aromatic carbocycles. The third-order valence-corrected chi connectivity index (χ3v) is 4.70. The highest BCUT2D eigenvalue weighted by molar-refractivity contribution is 6.20. The van der Waals surface area contributed by atoms with Crippen molar-refractivity contribution in [3.63, 3.8) is 0 Å². The first-order valence-corrected chi connectivity index (χ1v) is 8.97. The smallest absolute Gasteiger partial charge is 0.338 e. The summed E-state index contributed by atoms with van der Waals surface area (Å²) in [7, 11) is 0. The van der Waals surface area contributed by atoms with Gasteiger partial charge < -0.3 is 10.1 Å². The number of amides is 3. The standard InChI is InChI=1S/C19H22N2O5/c22-16(20-14-6-2-1-3-7-14)12-26-19(25)13-5-4-8-15(11-13)21-17(23)9-10-18(21)24/h4-5,8,11,14H,1-3,6-7,9-10,12H2,(H,20,22). The van der Waals surface area contributed by atoms with Gasteiger partial charge >= 0.3 is 5.97 Å². The van der Waals surface area contributed by atoms with Crippen LogP contribution < -0.4 is 10.2 Å². The lowest BCUT2D eigenvalue weighted by Crippen LogP contribution is -2.38. The van der Waals surface area contributed by atoms with Crippen LogP contribution in [0.15, 0.2) is 24.3 Å². The van der Waals surface area contributed by atoms with E-state index in [1.165, 1.54) is 18.6 Å². The van der Waals surface area contributed by atoms with Gasteiger partial charge in [0.1, 0.15) is 0 Å². The third-order valence-electron chi connectivity index (χ3n) is 4.70. The molecule has 7 heteroatoms. The number of nitrogens with zero attached hydrogens (tertiary/aromatic N) is 1. The summed E-state index contributed by atoms with van der Waals surface area (Å²) >= 11 is 0. The van der Waals surface area contributed by atoms with Crippen LogP contribution in [0, 0.1) is 0 Å². The number of hydrogen-bond acceptors (Lipinski definition) is 5. The Kier molecular flexibility index (Phi) is 5.65. The zero-order valence-electron chi connectivity index (χ0n) is 14.5. The fraction of sp³-hybridized carbons (Fsp3) is 0.474. The fourth-order valence-corrected chi connectivity index (χ4v) is 3.37. The maximum Gasteiger partial charge on any atom is 0.338 e. The number of benzene rings is 1. The van der Waals surface area contributed by atoms with E-state index in [9.17, 15) is 19.2 Å². The molecule has 0 radical (unpaired) electrons. The molecule has 3 amide bonds. The second kappa shape index (κ2) is 8.12. The number of ether oxygens (including phenoxy) is 1. The fourth-order valence-electron chi connectivity index (χ4n) is 3.37. The average Bonchev–Trinajstić information content (AvgIpc) is 2.99. The maximum absolute atomic E-state index is 12.2. The van der Waals surface area contributed by atoms with Gasteiger partial charge in [0.2, 0.25) is 11.8 Å². The molecule has 1 heterocycles. The van der Waals surface area contributed by atoms with Crippen molar-refractivity contribution in [2.24, 2.45) is 0 Å². The topological polar surface area (TPSA) is 92.8 Å². The summed E-state index contributed by atoms with van der Waals surface area (Å²) in [6, 6.07) is 6.28. The number of carbonyl (C=O) groups is 4. The zero-order valence-corrected chi connectivity index (χ0v) is 14.5. The first kappa shape index (κ1) is 18.1. The number of imide groups is 1. The average molecular weight is 358 g/mol. The Hall–Kier alpha value is -2.70. The van der Waals surface area contributed by atoms with Crippen LogP contribution in [0.25, 0.3) is 0 Å². The zero-order chi connectivity index (χ0) is 18.5. The molecule has 2 fully saturated rings. The van der Waals surface area contributed by atoms with Crippen LogP contribution in [0.3, 0.4) is 0 Å². The van der Waals surface area contributed by atoms with Crippen molar-refractivity contribution in [1.29, 1.82) is 0 Å². The van der Waals surface area contributed by atoms with Gasteiger partial charge in [-0.25, -0.2) is 4.79 Å². The highest BCUT2D eigenvalue weighted by Gasteiger charge is 2.30. The third kappa shape index (κ3) is 4.28. The van der Waals surface area contributed by atoms with E-state index in [1.807, 2.05) is 0 Å². The van der Waals surface area contributed by atoms with Gasteiger partial charge in [0.15, 0.2) is 6.61 Å². The van der Waals surface area contributed by atoms with Crippen LogP contribution in [0.5, 0.6) is 0 Å². The Morgan fingerprint density at radius 2 is 1.77 bits per heavy atom. The van der Waals surface area contributed by atoms with Gasteiger partial charge in [0.05, 0.1) is 11.3 Å². The SMILES string of the molecule is O=C(COC(=O)c1cccc(N2C(=O)CCC2=O)c1)NC1CCCCC1. The molecule has 1 saturated carbocycles. The molecule has 26 heavy (non-hydrogen) atoms. The molecule has 1 aliphatic carbocycles. The lowest BCUT2D eigenvalue weighted by molar-refractivity contribution is -0.125. The Labute approximate surface area is 151 Å². The predicted octanol–water partition coefficient (Wildman–Crippen LogP) is 1.95. The second-order valence-corrected chi connectivity index (χ2v) is 6.65. The summed E-state index contributed by atoms with van der Waals surface area (Å²) in [5.74, 6) is -1.55. The molecule has 7 nitrogen and oxygen atoms in total. The van der Waals surface area contributed by atoms with E-state index in [0.29, 0.717) is 5.69 Å². The molecule has 2 aliphatic rings. The van der Waals surface area contributed by atoms with E-state index in [1.54, 1.807) is 12.1 Å². The first-order valence-electron chi connectivity index (χ1n) is 8.97. The Morgan fingerprint density at radius 3 is 2.46 bits per heavy atom. The van der Waals surface area contributed by atoms with E-state index in [4.69, 9.17) is 4.74 Å². The monoisotopic (exact) mass is 358 g/mol. The van der Waals surface area contributed by atoms with E-state index in [2.05, 4.69) is 5.32 Å². The molecule has 0 atom stereocenters. The van der Waals surface area contributed by atoms with Crippen LogP contribution in [0.1, 0.15) is 55.3 Å². The van der Waals surface area contributed by atoms with E-state index < -0.39 is 5.97 Å². The molecule has 138 valence electrons. The molecule has 1 saturated heterocycles. The van der Waals surface area contributed by atoms with Crippen LogP contribution in [0.4, 0.5) is 5.69 Å². The quantitative estimate of drug-likeness (QED) is 0.641. The summed E-state index contributed by atoms with van der Waals surface area (Å²) in [6.45, 7) is -0.346. The lowest BCUT2D eigenvalue weighted by Gasteiger charge is -2.22. The van der Waals surface area contributed by atoms with Gasteiger partial charge in [0.25, 0.3) is 5.91 Å². The van der Waals surface area contributed by atoms with Crippen LogP contribution in [-0.4, -0.2) is 36.3 Å². The van der Waals surface area contributed by atoms with Crippen molar-refractivity contribution in [3.8, 4) is 0 Å². The molecule has 0 spiro atoms. The molecule has 1 aromatic rings. The summed E-state index contributed by atoms with van der Waals surface area (Å²) in [4.78, 5) is 48.8. The number of hydrogen-bond donors (Lipinski definition) is 1. The molecule has 0 bridgehead atoms. The summed E-state index contributed by atoms with van der Waals surface area (Å²) in [5.41, 5.74) is 0.541. The molecule has 0 unspecified atom stereocenters. The van der Waals surface area contributed by atoms with Gasteiger partial charge in [-0.3, -0.25) is 19.3 Å². The van der Waals surface area contributed by atoms with Crippen molar-refractivity contribution in [3.05, 3.63) is 29.8 Å². The highest BCUT2D eigenvalue weighted by atomic mass is 16.5. The largest absolute Gasteiger partial charge is 0.452 e. The Morgan fingerprint density at radius 1 is 1.08 bits per heavy atom. The molecule has 1 N–H and O–H groups in total. The molecule has 0 aromatic heterocycles. The van der Waals surface area contributed by atoms with Crippen molar-refractivity contribution in [2.45, 2.75) is 51.0 Å². The maximum atomic E-state index is 12.2. The normalized spacial score (nSPS) is 18.1. The Bertz CT molecular complexity index is 708. The van der Waals surface area contributed by atoms with Crippen molar-refractivity contribution >= 4 is 29.4 Å². The minimum Gasteiger partial charge on any atom is -0.452 e. The summed E-state index contributed by atoms with van der Waals surface area (Å²) in [6.07, 6.45) is 5.67. The van der Waals surface area contributed by atoms with Gasteiger partial charge in [0, 0.05) is 18.9 Å². The predicted molar refractivity (Wildman–Crippen MR) is 93.5 cm³/mol. The summed E-state index contributed by atoms with van der Waals surface area (Å²) < 4.78 is 5.06. The first-order chi connectivity index (χ1) is 12.5. The van der Waals surface area contributed by atoms with Crippen LogP contribution in [-0.2, 0) is 19.1 Å². The number of nitrogens with one attached hydrogen (secondary N) is 1. The molecular weight excluding hydrogens is 336 g/mol. The Balaban J connectivity index is 1.56. The van der Waals surface area contributed by atoms with Gasteiger partial charge in [-0.1, -0.05) is 25.3 Å². The number of esters is 1.